The van der Waals surface area contributed by atoms with Gasteiger partial charge in [0.15, 0.2) is 23.1 Å². The van der Waals surface area contributed by atoms with Gasteiger partial charge in [0.2, 0.25) is 5.89 Å². The number of fused-ring (bicyclic) bond motifs is 7. The lowest BCUT2D eigenvalue weighted by Crippen LogP contribution is -2.00. The smallest absolute Gasteiger partial charge is 0.231 e. The summed E-state index contributed by atoms with van der Waals surface area (Å²) in [7, 11) is 0. The number of rotatable bonds is 4. The van der Waals surface area contributed by atoms with Gasteiger partial charge in [-0.05, 0) is 42.5 Å². The largest absolute Gasteiger partial charge is 0.456 e. The molecule has 0 bridgehead atoms. The maximum atomic E-state index is 6.52. The van der Waals surface area contributed by atoms with E-state index in [4.69, 9.17) is 33.2 Å². The highest BCUT2D eigenvalue weighted by Gasteiger charge is 2.21. The van der Waals surface area contributed by atoms with Crippen LogP contribution in [0.1, 0.15) is 0 Å². The number of para-hydroxylation sites is 4. The minimum absolute atomic E-state index is 0.507. The third-order valence-corrected chi connectivity index (χ3v) is 8.59. The summed E-state index contributed by atoms with van der Waals surface area (Å²) in [5.41, 5.74) is 7.89. The summed E-state index contributed by atoms with van der Waals surface area (Å²) in [6.07, 6.45) is 0. The SMILES string of the molecule is c1ccc(-c2nc(-c3ccc4c(c3)oc3ccccc34)nc(-c3cccc4oc5c(-c6nc7ccccc7o6)cccc5c34)n2)cc1. The second-order valence-corrected chi connectivity index (χ2v) is 11.4. The average molecular weight is 607 g/mol. The average Bonchev–Trinajstić information content (AvgIpc) is 3.84. The molecule has 0 aliphatic heterocycles. The molecule has 0 spiro atoms. The van der Waals surface area contributed by atoms with Gasteiger partial charge in [-0.2, -0.15) is 0 Å². The maximum Gasteiger partial charge on any atom is 0.231 e. The van der Waals surface area contributed by atoms with Gasteiger partial charge in [0.25, 0.3) is 0 Å². The number of hydrogen-bond acceptors (Lipinski definition) is 7. The lowest BCUT2D eigenvalue weighted by Gasteiger charge is -2.09. The molecule has 10 aromatic rings. The molecule has 4 heterocycles. The Morgan fingerprint density at radius 2 is 1.06 bits per heavy atom. The Balaban J connectivity index is 1.19. The number of hydrogen-bond donors (Lipinski definition) is 0. The van der Waals surface area contributed by atoms with E-state index in [-0.39, 0.29) is 0 Å². The molecule has 0 unspecified atom stereocenters. The molecular weight excluding hydrogens is 584 g/mol. The van der Waals surface area contributed by atoms with Crippen LogP contribution in [0.2, 0.25) is 0 Å². The van der Waals surface area contributed by atoms with Gasteiger partial charge in [-0.25, -0.2) is 19.9 Å². The molecule has 6 aromatic carbocycles. The Labute approximate surface area is 266 Å². The first kappa shape index (κ1) is 25.7. The fourth-order valence-corrected chi connectivity index (χ4v) is 6.40. The number of benzene rings is 6. The van der Waals surface area contributed by atoms with Crippen molar-refractivity contribution in [1.29, 1.82) is 0 Å². The van der Waals surface area contributed by atoms with Crippen molar-refractivity contribution in [2.24, 2.45) is 0 Å². The van der Waals surface area contributed by atoms with Crippen molar-refractivity contribution in [3.8, 4) is 45.6 Å². The zero-order chi connectivity index (χ0) is 30.9. The van der Waals surface area contributed by atoms with Crippen LogP contribution in [0.4, 0.5) is 0 Å². The molecule has 0 atom stereocenters. The van der Waals surface area contributed by atoms with Gasteiger partial charge in [-0.1, -0.05) is 91.0 Å². The van der Waals surface area contributed by atoms with Crippen molar-refractivity contribution in [3.05, 3.63) is 133 Å². The Kier molecular flexibility index (Phi) is 5.44. The summed E-state index contributed by atoms with van der Waals surface area (Å²) in [4.78, 5) is 19.8. The van der Waals surface area contributed by atoms with Crippen molar-refractivity contribution < 1.29 is 13.3 Å². The normalized spacial score (nSPS) is 11.8. The summed E-state index contributed by atoms with van der Waals surface area (Å²) in [6, 6.07) is 43.8. The number of nitrogens with zero attached hydrogens (tertiary/aromatic N) is 4. The molecule has 0 radical (unpaired) electrons. The summed E-state index contributed by atoms with van der Waals surface area (Å²) >= 11 is 0. The van der Waals surface area contributed by atoms with Gasteiger partial charge < -0.3 is 13.3 Å². The standard InChI is InChI=1S/C40H22N4O3/c1-2-10-23(11-3-1)37-42-38(24-20-21-26-25-12-4-6-17-31(25)45-34(26)22-24)44-39(43-37)28-14-9-19-33-35(28)27-13-8-15-29(36(27)46-33)40-41-30-16-5-7-18-32(30)47-40/h1-22H. The van der Waals surface area contributed by atoms with Crippen molar-refractivity contribution >= 4 is 55.0 Å². The molecule has 4 aromatic heterocycles. The van der Waals surface area contributed by atoms with E-state index in [2.05, 4.69) is 12.1 Å². The van der Waals surface area contributed by atoms with Gasteiger partial charge in [0.05, 0.1) is 5.56 Å². The molecule has 0 amide bonds. The number of furan rings is 2. The van der Waals surface area contributed by atoms with Crippen LogP contribution in [0.15, 0.2) is 147 Å². The third-order valence-electron chi connectivity index (χ3n) is 8.59. The third kappa shape index (κ3) is 4.07. The Morgan fingerprint density at radius 1 is 0.383 bits per heavy atom. The predicted octanol–water partition coefficient (Wildman–Crippen LogP) is 10.5. The Hall–Kier alpha value is -6.60. The van der Waals surface area contributed by atoms with Crippen LogP contribution < -0.4 is 0 Å². The first-order chi connectivity index (χ1) is 23.3. The van der Waals surface area contributed by atoms with Crippen LogP contribution >= 0.6 is 0 Å². The quantitative estimate of drug-likeness (QED) is 0.197. The lowest BCUT2D eigenvalue weighted by atomic mass is 10.0. The fourth-order valence-electron chi connectivity index (χ4n) is 6.40. The van der Waals surface area contributed by atoms with E-state index in [1.807, 2.05) is 121 Å². The lowest BCUT2D eigenvalue weighted by molar-refractivity contribution is 0.615. The van der Waals surface area contributed by atoms with Crippen molar-refractivity contribution in [3.63, 3.8) is 0 Å². The van der Waals surface area contributed by atoms with Crippen LogP contribution in [0.3, 0.4) is 0 Å². The highest BCUT2D eigenvalue weighted by atomic mass is 16.4. The predicted molar refractivity (Wildman–Crippen MR) is 184 cm³/mol. The van der Waals surface area contributed by atoms with Gasteiger partial charge in [0, 0.05) is 38.2 Å². The first-order valence-corrected chi connectivity index (χ1v) is 15.3. The monoisotopic (exact) mass is 606 g/mol. The first-order valence-electron chi connectivity index (χ1n) is 15.3. The van der Waals surface area contributed by atoms with Crippen molar-refractivity contribution in [2.45, 2.75) is 0 Å². The highest BCUT2D eigenvalue weighted by molar-refractivity contribution is 6.14. The topological polar surface area (TPSA) is 91.0 Å². The Bertz CT molecular complexity index is 2780. The number of oxazole rings is 1. The van der Waals surface area contributed by atoms with E-state index in [1.54, 1.807) is 0 Å². The Morgan fingerprint density at radius 3 is 1.96 bits per heavy atom. The number of aromatic nitrogens is 4. The van der Waals surface area contributed by atoms with E-state index in [9.17, 15) is 0 Å². The maximum absolute atomic E-state index is 6.52. The fraction of sp³-hybridized carbons (Fsp3) is 0. The zero-order valence-corrected chi connectivity index (χ0v) is 24.7. The van der Waals surface area contributed by atoms with E-state index in [0.29, 0.717) is 34.5 Å². The van der Waals surface area contributed by atoms with Crippen LogP contribution in [-0.2, 0) is 0 Å². The minimum Gasteiger partial charge on any atom is -0.456 e. The van der Waals surface area contributed by atoms with Gasteiger partial charge in [-0.15, -0.1) is 0 Å². The van der Waals surface area contributed by atoms with Crippen LogP contribution in [0.5, 0.6) is 0 Å². The molecule has 0 saturated carbocycles. The zero-order valence-electron chi connectivity index (χ0n) is 24.7. The summed E-state index contributed by atoms with van der Waals surface area (Å²) in [5.74, 6) is 2.17. The van der Waals surface area contributed by atoms with Crippen LogP contribution in [-0.4, -0.2) is 19.9 Å². The van der Waals surface area contributed by atoms with Gasteiger partial charge in [0.1, 0.15) is 27.8 Å². The van der Waals surface area contributed by atoms with E-state index in [1.165, 1.54) is 0 Å². The second-order valence-electron chi connectivity index (χ2n) is 11.4. The molecule has 7 heteroatoms. The molecule has 7 nitrogen and oxygen atoms in total. The molecule has 0 N–H and O–H groups in total. The molecule has 220 valence electrons. The van der Waals surface area contributed by atoms with E-state index in [0.717, 1.165) is 66.1 Å². The molecule has 10 rings (SSSR count). The van der Waals surface area contributed by atoms with E-state index >= 15 is 0 Å². The molecule has 47 heavy (non-hydrogen) atoms. The molecular formula is C40H22N4O3. The molecule has 0 aliphatic carbocycles. The summed E-state index contributed by atoms with van der Waals surface area (Å²) in [6.45, 7) is 0. The van der Waals surface area contributed by atoms with Gasteiger partial charge in [-0.3, -0.25) is 0 Å². The molecule has 0 saturated heterocycles. The molecule has 0 aliphatic rings. The van der Waals surface area contributed by atoms with Crippen LogP contribution in [0, 0.1) is 0 Å². The summed E-state index contributed by atoms with van der Waals surface area (Å²) < 4.78 is 18.9. The minimum atomic E-state index is 0.507. The second kappa shape index (κ2) is 9.95. The van der Waals surface area contributed by atoms with Crippen molar-refractivity contribution in [1.82, 2.24) is 19.9 Å². The van der Waals surface area contributed by atoms with Gasteiger partial charge >= 0.3 is 0 Å². The van der Waals surface area contributed by atoms with E-state index < -0.39 is 0 Å². The highest BCUT2D eigenvalue weighted by Crippen LogP contribution is 2.41. The molecule has 0 fully saturated rings. The van der Waals surface area contributed by atoms with Crippen LogP contribution in [0.25, 0.3) is 101 Å². The van der Waals surface area contributed by atoms with Crippen molar-refractivity contribution in [2.75, 3.05) is 0 Å². The summed E-state index contributed by atoms with van der Waals surface area (Å²) in [5, 5.41) is 3.95.